The first kappa shape index (κ1) is 17.8. The van der Waals surface area contributed by atoms with E-state index in [1.54, 1.807) is 12.1 Å². The number of hydrogen-bond donors (Lipinski definition) is 0. The molecule has 0 spiro atoms. The second kappa shape index (κ2) is 8.89. The Hall–Kier alpha value is 0.720. The Morgan fingerprint density at radius 1 is 1.26 bits per heavy atom. The van der Waals surface area contributed by atoms with Gasteiger partial charge in [-0.1, -0.05) is 41.4 Å². The highest BCUT2D eigenvalue weighted by Gasteiger charge is 2.26. The van der Waals surface area contributed by atoms with Crippen molar-refractivity contribution in [2.45, 2.75) is 26.7 Å². The molecular weight excluding hydrogens is 387 g/mol. The molecule has 0 aliphatic heterocycles. The molecule has 108 valence electrons. The fourth-order valence-electron chi connectivity index (χ4n) is 1.17. The van der Waals surface area contributed by atoms with E-state index < -0.39 is 5.77 Å². The lowest BCUT2D eigenvalue weighted by Gasteiger charge is -2.18. The van der Waals surface area contributed by atoms with Crippen LogP contribution in [0, 0.1) is 0 Å². The Morgan fingerprint density at radius 3 is 2.32 bits per heavy atom. The first-order valence-electron chi connectivity index (χ1n) is 6.04. The number of benzene rings is 1. The molecule has 1 aromatic rings. The Labute approximate surface area is 136 Å². The molecule has 0 saturated heterocycles. The average molecular weight is 404 g/mol. The molecule has 0 unspecified atom stereocenters. The van der Waals surface area contributed by atoms with E-state index in [4.69, 9.17) is 16.1 Å². The van der Waals surface area contributed by atoms with E-state index >= 15 is 0 Å². The maximum absolute atomic E-state index is 12.8. The molecule has 7 heteroatoms. The van der Waals surface area contributed by atoms with Crippen LogP contribution in [0.1, 0.15) is 26.7 Å². The Bertz CT molecular complexity index is 447. The van der Waals surface area contributed by atoms with Crippen molar-refractivity contribution in [3.8, 4) is 5.75 Å². The summed E-state index contributed by atoms with van der Waals surface area (Å²) in [6, 6.07) is 5.33. The Morgan fingerprint density at radius 2 is 1.84 bits per heavy atom. The lowest BCUT2D eigenvalue weighted by atomic mass is 10.3. The van der Waals surface area contributed by atoms with Crippen molar-refractivity contribution >= 4 is 56.1 Å². The third-order valence-corrected chi connectivity index (χ3v) is 10.4. The summed E-state index contributed by atoms with van der Waals surface area (Å²) in [5.74, 6) is -0.653. The Balaban J connectivity index is 2.83. The van der Waals surface area contributed by atoms with E-state index in [-0.39, 0.29) is 0 Å². The predicted octanol–water partition coefficient (Wildman–Crippen LogP) is 6.88. The van der Waals surface area contributed by atoms with Crippen molar-refractivity contribution in [2.24, 2.45) is 0 Å². The SMILES string of the molecule is CCCSP(=O)(Oc1ccc(Br)cc1Cl)SCCC. The maximum Gasteiger partial charge on any atom is 0.359 e. The van der Waals surface area contributed by atoms with Crippen LogP contribution >= 0.6 is 56.1 Å². The van der Waals surface area contributed by atoms with Gasteiger partial charge in [-0.3, -0.25) is 4.57 Å². The zero-order chi connectivity index (χ0) is 14.3. The van der Waals surface area contributed by atoms with E-state index in [0.717, 1.165) is 28.8 Å². The van der Waals surface area contributed by atoms with E-state index in [1.807, 2.05) is 6.07 Å². The standard InChI is InChI=1S/C12H17BrClO2PS2/c1-3-7-18-17(15,19-8-4-2)16-12-6-5-10(13)9-11(12)14/h5-6,9H,3-4,7-8H2,1-2H3. The summed E-state index contributed by atoms with van der Waals surface area (Å²) in [6.45, 7) is 4.13. The molecule has 0 fully saturated rings. The zero-order valence-corrected chi connectivity index (χ0v) is 15.8. The molecule has 0 N–H and O–H groups in total. The van der Waals surface area contributed by atoms with Gasteiger partial charge in [0.05, 0.1) is 5.02 Å². The summed E-state index contributed by atoms with van der Waals surface area (Å²) >= 11 is 12.2. The molecule has 0 aliphatic rings. The quantitative estimate of drug-likeness (QED) is 0.442. The number of rotatable bonds is 8. The monoisotopic (exact) mass is 402 g/mol. The van der Waals surface area contributed by atoms with E-state index in [9.17, 15) is 4.57 Å². The summed E-state index contributed by atoms with van der Waals surface area (Å²) in [6.07, 6.45) is 1.94. The van der Waals surface area contributed by atoms with Crippen LogP contribution in [0.3, 0.4) is 0 Å². The van der Waals surface area contributed by atoms with Gasteiger partial charge in [-0.2, -0.15) is 0 Å². The van der Waals surface area contributed by atoms with Crippen LogP contribution in [0.5, 0.6) is 5.75 Å². The maximum atomic E-state index is 12.8. The summed E-state index contributed by atoms with van der Waals surface area (Å²) < 4.78 is 19.4. The molecule has 0 heterocycles. The van der Waals surface area contributed by atoms with Gasteiger partial charge in [0.25, 0.3) is 0 Å². The van der Waals surface area contributed by atoms with Gasteiger partial charge in [0.15, 0.2) is 0 Å². The normalized spacial score (nSPS) is 11.6. The van der Waals surface area contributed by atoms with Gasteiger partial charge in [-0.15, -0.1) is 0 Å². The molecule has 0 saturated carbocycles. The molecule has 0 aliphatic carbocycles. The summed E-state index contributed by atoms with van der Waals surface area (Å²) in [7, 11) is 0. The fraction of sp³-hybridized carbons (Fsp3) is 0.500. The first-order chi connectivity index (χ1) is 9.00. The van der Waals surface area contributed by atoms with Crippen LogP contribution < -0.4 is 4.52 Å². The minimum atomic E-state index is -2.78. The lowest BCUT2D eigenvalue weighted by Crippen LogP contribution is -1.90. The van der Waals surface area contributed by atoms with Gasteiger partial charge >= 0.3 is 5.77 Å². The summed E-state index contributed by atoms with van der Waals surface area (Å²) in [5.41, 5.74) is 0. The summed E-state index contributed by atoms with van der Waals surface area (Å²) in [4.78, 5) is 0. The van der Waals surface area contributed by atoms with Crippen LogP contribution in [0.15, 0.2) is 22.7 Å². The fourth-order valence-corrected chi connectivity index (χ4v) is 8.80. The molecule has 0 amide bonds. The van der Waals surface area contributed by atoms with Crippen molar-refractivity contribution in [3.63, 3.8) is 0 Å². The van der Waals surface area contributed by atoms with Gasteiger partial charge < -0.3 is 4.52 Å². The minimum absolute atomic E-state index is 0.476. The van der Waals surface area contributed by atoms with Crippen LogP contribution in [-0.2, 0) is 4.57 Å². The second-order valence-electron chi connectivity index (χ2n) is 3.78. The molecule has 1 aromatic carbocycles. The summed E-state index contributed by atoms with van der Waals surface area (Å²) in [5, 5.41) is 0.476. The molecular formula is C12H17BrClO2PS2. The highest BCUT2D eigenvalue weighted by molar-refractivity contribution is 9.10. The Kier molecular flexibility index (Phi) is 8.31. The molecule has 2 nitrogen and oxygen atoms in total. The minimum Gasteiger partial charge on any atom is -0.427 e. The van der Waals surface area contributed by atoms with Crippen molar-refractivity contribution in [1.29, 1.82) is 0 Å². The van der Waals surface area contributed by atoms with Gasteiger partial charge in [-0.25, -0.2) is 0 Å². The van der Waals surface area contributed by atoms with Crippen molar-refractivity contribution < 1.29 is 9.09 Å². The highest BCUT2D eigenvalue weighted by atomic mass is 79.9. The van der Waals surface area contributed by atoms with Gasteiger partial charge in [0.2, 0.25) is 0 Å². The molecule has 19 heavy (non-hydrogen) atoms. The van der Waals surface area contributed by atoms with E-state index in [2.05, 4.69) is 29.8 Å². The lowest BCUT2D eigenvalue weighted by molar-refractivity contribution is 0.515. The van der Waals surface area contributed by atoms with Crippen LogP contribution in [0.2, 0.25) is 5.02 Å². The molecule has 0 bridgehead atoms. The molecule has 0 aromatic heterocycles. The van der Waals surface area contributed by atoms with Gasteiger partial charge in [0, 0.05) is 16.0 Å². The predicted molar refractivity (Wildman–Crippen MR) is 92.9 cm³/mol. The van der Waals surface area contributed by atoms with E-state index in [0.29, 0.717) is 10.8 Å². The van der Waals surface area contributed by atoms with Crippen LogP contribution in [-0.4, -0.2) is 11.5 Å². The smallest absolute Gasteiger partial charge is 0.359 e. The third kappa shape index (κ3) is 6.34. The number of hydrogen-bond acceptors (Lipinski definition) is 4. The van der Waals surface area contributed by atoms with Crippen LogP contribution in [0.25, 0.3) is 0 Å². The molecule has 0 atom stereocenters. The third-order valence-electron chi connectivity index (χ3n) is 2.01. The largest absolute Gasteiger partial charge is 0.427 e. The van der Waals surface area contributed by atoms with E-state index in [1.165, 1.54) is 22.8 Å². The van der Waals surface area contributed by atoms with Gasteiger partial charge in [0.1, 0.15) is 5.75 Å². The van der Waals surface area contributed by atoms with Crippen molar-refractivity contribution in [2.75, 3.05) is 11.5 Å². The zero-order valence-electron chi connectivity index (χ0n) is 10.9. The average Bonchev–Trinajstić information content (AvgIpc) is 2.38. The molecule has 0 radical (unpaired) electrons. The second-order valence-corrected chi connectivity index (χ2v) is 12.6. The number of halogens is 2. The van der Waals surface area contributed by atoms with Crippen molar-refractivity contribution in [3.05, 3.63) is 27.7 Å². The van der Waals surface area contributed by atoms with Crippen molar-refractivity contribution in [1.82, 2.24) is 0 Å². The molecule has 1 rings (SSSR count). The topological polar surface area (TPSA) is 26.3 Å². The van der Waals surface area contributed by atoms with Gasteiger partial charge in [-0.05, 0) is 53.8 Å². The first-order valence-corrected chi connectivity index (χ1v) is 12.0. The highest BCUT2D eigenvalue weighted by Crippen LogP contribution is 2.69. The van der Waals surface area contributed by atoms with Crippen LogP contribution in [0.4, 0.5) is 0 Å².